The SMILES string of the molecule is CC[C@@H](NC(C)C)c1ccc2cc[nH]c2n1. The molecule has 0 radical (unpaired) electrons. The zero-order valence-corrected chi connectivity index (χ0v) is 10.1. The third-order valence-electron chi connectivity index (χ3n) is 2.73. The van der Waals surface area contributed by atoms with Crippen molar-refractivity contribution in [2.75, 3.05) is 0 Å². The quantitative estimate of drug-likeness (QED) is 0.826. The van der Waals surface area contributed by atoms with Crippen LogP contribution in [-0.4, -0.2) is 16.0 Å². The van der Waals surface area contributed by atoms with Gasteiger partial charge in [0.05, 0.1) is 5.69 Å². The second kappa shape index (κ2) is 4.66. The van der Waals surface area contributed by atoms with Gasteiger partial charge < -0.3 is 10.3 Å². The smallest absolute Gasteiger partial charge is 0.137 e. The minimum Gasteiger partial charge on any atom is -0.346 e. The first kappa shape index (κ1) is 11.1. The molecule has 0 aliphatic heterocycles. The number of aromatic nitrogens is 2. The first-order chi connectivity index (χ1) is 7.70. The Morgan fingerprint density at radius 1 is 1.31 bits per heavy atom. The van der Waals surface area contributed by atoms with Crippen LogP contribution in [0, 0.1) is 0 Å². The van der Waals surface area contributed by atoms with Gasteiger partial charge in [0.2, 0.25) is 0 Å². The molecule has 0 unspecified atom stereocenters. The molecule has 86 valence electrons. The molecule has 0 fully saturated rings. The van der Waals surface area contributed by atoms with Gasteiger partial charge in [-0.25, -0.2) is 4.98 Å². The van der Waals surface area contributed by atoms with Gasteiger partial charge in [0.1, 0.15) is 5.65 Å². The van der Waals surface area contributed by atoms with Crippen LogP contribution in [0.15, 0.2) is 24.4 Å². The molecule has 0 aliphatic rings. The van der Waals surface area contributed by atoms with Crippen LogP contribution in [-0.2, 0) is 0 Å². The van der Waals surface area contributed by atoms with Crippen molar-refractivity contribution in [3.8, 4) is 0 Å². The number of hydrogen-bond donors (Lipinski definition) is 2. The lowest BCUT2D eigenvalue weighted by molar-refractivity contribution is 0.458. The lowest BCUT2D eigenvalue weighted by Crippen LogP contribution is -2.28. The van der Waals surface area contributed by atoms with Crippen molar-refractivity contribution >= 4 is 11.0 Å². The summed E-state index contributed by atoms with van der Waals surface area (Å²) in [4.78, 5) is 7.79. The largest absolute Gasteiger partial charge is 0.346 e. The van der Waals surface area contributed by atoms with E-state index in [1.165, 1.54) is 5.39 Å². The fourth-order valence-electron chi connectivity index (χ4n) is 1.95. The number of pyridine rings is 1. The minimum absolute atomic E-state index is 0.340. The summed E-state index contributed by atoms with van der Waals surface area (Å²) >= 11 is 0. The predicted molar refractivity (Wildman–Crippen MR) is 67.4 cm³/mol. The van der Waals surface area contributed by atoms with E-state index in [-0.39, 0.29) is 0 Å². The van der Waals surface area contributed by atoms with Crippen molar-refractivity contribution in [1.82, 2.24) is 15.3 Å². The standard InChI is InChI=1S/C13H19N3/c1-4-11(15-9(2)3)12-6-5-10-7-8-14-13(10)16-12/h5-9,11,15H,4H2,1-3H3,(H,14,16)/t11-/m1/s1. The van der Waals surface area contributed by atoms with Crippen LogP contribution in [0.5, 0.6) is 0 Å². The molecule has 0 saturated heterocycles. The first-order valence-corrected chi connectivity index (χ1v) is 5.90. The van der Waals surface area contributed by atoms with Crippen LogP contribution in [0.25, 0.3) is 11.0 Å². The Kier molecular flexibility index (Phi) is 3.25. The maximum absolute atomic E-state index is 4.64. The molecule has 0 aliphatic carbocycles. The van der Waals surface area contributed by atoms with Crippen molar-refractivity contribution in [2.45, 2.75) is 39.3 Å². The van der Waals surface area contributed by atoms with Gasteiger partial charge in [-0.3, -0.25) is 0 Å². The topological polar surface area (TPSA) is 40.7 Å². The van der Waals surface area contributed by atoms with Gasteiger partial charge in [-0.15, -0.1) is 0 Å². The molecule has 0 saturated carbocycles. The third kappa shape index (κ3) is 2.25. The van der Waals surface area contributed by atoms with Crippen molar-refractivity contribution in [1.29, 1.82) is 0 Å². The molecule has 0 amide bonds. The Bertz CT molecular complexity index is 459. The zero-order chi connectivity index (χ0) is 11.5. The van der Waals surface area contributed by atoms with Crippen molar-refractivity contribution in [3.05, 3.63) is 30.1 Å². The van der Waals surface area contributed by atoms with Crippen LogP contribution < -0.4 is 5.32 Å². The summed E-state index contributed by atoms with van der Waals surface area (Å²) in [6.07, 6.45) is 2.98. The molecule has 2 aromatic rings. The van der Waals surface area contributed by atoms with E-state index in [0.29, 0.717) is 12.1 Å². The number of nitrogens with one attached hydrogen (secondary N) is 2. The molecule has 2 N–H and O–H groups in total. The highest BCUT2D eigenvalue weighted by Gasteiger charge is 2.12. The molecular weight excluding hydrogens is 198 g/mol. The van der Waals surface area contributed by atoms with E-state index < -0.39 is 0 Å². The highest BCUT2D eigenvalue weighted by molar-refractivity contribution is 5.75. The summed E-state index contributed by atoms with van der Waals surface area (Å²) in [5.41, 5.74) is 2.09. The molecule has 2 heterocycles. The molecule has 16 heavy (non-hydrogen) atoms. The number of nitrogens with zero attached hydrogens (tertiary/aromatic N) is 1. The van der Waals surface area contributed by atoms with Crippen molar-refractivity contribution < 1.29 is 0 Å². The minimum atomic E-state index is 0.340. The van der Waals surface area contributed by atoms with E-state index in [1.54, 1.807) is 0 Å². The molecule has 1 atom stereocenters. The second-order valence-electron chi connectivity index (χ2n) is 4.43. The van der Waals surface area contributed by atoms with Crippen LogP contribution in [0.4, 0.5) is 0 Å². The Morgan fingerprint density at radius 3 is 2.81 bits per heavy atom. The summed E-state index contributed by atoms with van der Waals surface area (Å²) in [5, 5.41) is 4.70. The molecule has 2 aromatic heterocycles. The van der Waals surface area contributed by atoms with E-state index in [1.807, 2.05) is 12.3 Å². The van der Waals surface area contributed by atoms with Gasteiger partial charge >= 0.3 is 0 Å². The van der Waals surface area contributed by atoms with E-state index in [2.05, 4.69) is 48.2 Å². The molecular formula is C13H19N3. The Morgan fingerprint density at radius 2 is 2.12 bits per heavy atom. The lowest BCUT2D eigenvalue weighted by Gasteiger charge is -2.19. The number of rotatable bonds is 4. The summed E-state index contributed by atoms with van der Waals surface area (Å²) in [6.45, 7) is 6.51. The zero-order valence-electron chi connectivity index (χ0n) is 10.1. The number of H-pyrrole nitrogens is 1. The molecule has 3 nitrogen and oxygen atoms in total. The summed E-state index contributed by atoms with van der Waals surface area (Å²) in [6, 6.07) is 7.10. The van der Waals surface area contributed by atoms with Crippen LogP contribution in [0.3, 0.4) is 0 Å². The highest BCUT2D eigenvalue weighted by atomic mass is 15.0. The third-order valence-corrected chi connectivity index (χ3v) is 2.73. The van der Waals surface area contributed by atoms with Crippen LogP contribution in [0.2, 0.25) is 0 Å². The lowest BCUT2D eigenvalue weighted by atomic mass is 10.1. The monoisotopic (exact) mass is 217 g/mol. The van der Waals surface area contributed by atoms with Gasteiger partial charge in [0.25, 0.3) is 0 Å². The first-order valence-electron chi connectivity index (χ1n) is 5.90. The van der Waals surface area contributed by atoms with E-state index in [4.69, 9.17) is 0 Å². The Hall–Kier alpha value is -1.35. The molecule has 3 heteroatoms. The molecule has 0 bridgehead atoms. The fourth-order valence-corrected chi connectivity index (χ4v) is 1.95. The van der Waals surface area contributed by atoms with Gasteiger partial charge in [0.15, 0.2) is 0 Å². The highest BCUT2D eigenvalue weighted by Crippen LogP contribution is 2.18. The molecule has 0 spiro atoms. The summed E-state index contributed by atoms with van der Waals surface area (Å²) < 4.78 is 0. The maximum atomic E-state index is 4.64. The van der Waals surface area contributed by atoms with Crippen molar-refractivity contribution in [2.24, 2.45) is 0 Å². The van der Waals surface area contributed by atoms with E-state index in [0.717, 1.165) is 17.8 Å². The number of fused-ring (bicyclic) bond motifs is 1. The van der Waals surface area contributed by atoms with Crippen LogP contribution in [0.1, 0.15) is 38.9 Å². The Labute approximate surface area is 96.3 Å². The normalized spacial score (nSPS) is 13.5. The van der Waals surface area contributed by atoms with E-state index >= 15 is 0 Å². The molecule has 0 aromatic carbocycles. The van der Waals surface area contributed by atoms with Crippen molar-refractivity contribution in [3.63, 3.8) is 0 Å². The van der Waals surface area contributed by atoms with Crippen LogP contribution >= 0.6 is 0 Å². The summed E-state index contributed by atoms with van der Waals surface area (Å²) in [7, 11) is 0. The second-order valence-corrected chi connectivity index (χ2v) is 4.43. The summed E-state index contributed by atoms with van der Waals surface area (Å²) in [5.74, 6) is 0. The number of hydrogen-bond acceptors (Lipinski definition) is 2. The average molecular weight is 217 g/mol. The van der Waals surface area contributed by atoms with Gasteiger partial charge in [0, 0.05) is 23.7 Å². The molecule has 2 rings (SSSR count). The Balaban J connectivity index is 2.29. The predicted octanol–water partition coefficient (Wildman–Crippen LogP) is 3.01. The number of aromatic amines is 1. The van der Waals surface area contributed by atoms with Gasteiger partial charge in [-0.2, -0.15) is 0 Å². The van der Waals surface area contributed by atoms with Gasteiger partial charge in [-0.1, -0.05) is 20.8 Å². The van der Waals surface area contributed by atoms with Gasteiger partial charge in [-0.05, 0) is 24.6 Å². The van der Waals surface area contributed by atoms with E-state index in [9.17, 15) is 0 Å². The average Bonchev–Trinajstić information content (AvgIpc) is 2.72. The fraction of sp³-hybridized carbons (Fsp3) is 0.462. The maximum Gasteiger partial charge on any atom is 0.137 e.